The fourth-order valence-electron chi connectivity index (χ4n) is 14.6. The van der Waals surface area contributed by atoms with Gasteiger partial charge in [-0.05, 0) is 199 Å². The summed E-state index contributed by atoms with van der Waals surface area (Å²) in [5, 5.41) is 8.55. The molecule has 0 N–H and O–H groups in total. The molecule has 0 radical (unpaired) electrons. The van der Waals surface area contributed by atoms with Crippen molar-refractivity contribution in [2.24, 2.45) is 0 Å². The maximum absolute atomic E-state index is 2.69. The van der Waals surface area contributed by atoms with Gasteiger partial charge in [0.25, 0.3) is 0 Å². The zero-order chi connectivity index (χ0) is 48.2. The lowest BCUT2D eigenvalue weighted by atomic mass is 9.31. The van der Waals surface area contributed by atoms with Crippen LogP contribution in [0.3, 0.4) is 0 Å². The first kappa shape index (κ1) is 41.9. The Labute approximate surface area is 414 Å². The Hall–Kier alpha value is -7.03. The Morgan fingerprint density at radius 1 is 0.343 bits per heavy atom. The SMILES string of the molecule is Cc1cc(C)c(N2c3ccccc3B3c4c(cccc42)-c2cc(C(C)(C)C)c4cc5c6c(cc(C(C)(C)C)c7cc3c2c4c76)-c2cccc3c2B5c2ccccc2N3c2c(C)cc(C)cc2C)c(C)c1. The molecule has 10 aromatic rings. The van der Waals surface area contributed by atoms with Crippen LogP contribution in [0, 0.1) is 41.5 Å². The molecule has 0 saturated carbocycles. The lowest BCUT2D eigenvalue weighted by molar-refractivity contribution is 0.595. The van der Waals surface area contributed by atoms with Crippen LogP contribution < -0.4 is 42.6 Å². The minimum Gasteiger partial charge on any atom is -0.311 e. The van der Waals surface area contributed by atoms with E-state index in [2.05, 4.69) is 226 Å². The van der Waals surface area contributed by atoms with Gasteiger partial charge in [-0.2, -0.15) is 0 Å². The molecule has 0 aliphatic carbocycles. The van der Waals surface area contributed by atoms with Gasteiger partial charge < -0.3 is 9.80 Å². The maximum Gasteiger partial charge on any atom is 0.248 e. The van der Waals surface area contributed by atoms with E-state index < -0.39 is 0 Å². The van der Waals surface area contributed by atoms with Crippen LogP contribution in [0.1, 0.15) is 86.1 Å². The first-order chi connectivity index (χ1) is 33.5. The number of nitrogens with zero attached hydrogens (tertiary/aromatic N) is 2. The van der Waals surface area contributed by atoms with E-state index >= 15 is 0 Å². The lowest BCUT2D eigenvalue weighted by Gasteiger charge is -2.43. The largest absolute Gasteiger partial charge is 0.311 e. The molecular weight excluding hydrogens is 842 g/mol. The quantitative estimate of drug-likeness (QED) is 0.126. The molecule has 0 bridgehead atoms. The van der Waals surface area contributed by atoms with Crippen LogP contribution in [-0.4, -0.2) is 13.4 Å². The smallest absolute Gasteiger partial charge is 0.248 e. The Morgan fingerprint density at radius 3 is 1.07 bits per heavy atom. The van der Waals surface area contributed by atoms with E-state index in [1.807, 2.05) is 0 Å². The van der Waals surface area contributed by atoms with Crippen molar-refractivity contribution in [2.45, 2.75) is 93.9 Å². The number of hydrogen-bond donors (Lipinski definition) is 0. The van der Waals surface area contributed by atoms with Crippen molar-refractivity contribution in [2.75, 3.05) is 9.80 Å². The highest BCUT2D eigenvalue weighted by atomic mass is 15.2. The van der Waals surface area contributed by atoms with E-state index in [4.69, 9.17) is 0 Å². The Bertz CT molecular complexity index is 3700. The van der Waals surface area contributed by atoms with Crippen molar-refractivity contribution in [1.82, 2.24) is 0 Å². The predicted octanol–water partition coefficient (Wildman–Crippen LogP) is 13.6. The van der Waals surface area contributed by atoms with Crippen LogP contribution >= 0.6 is 0 Å². The van der Waals surface area contributed by atoms with Crippen molar-refractivity contribution >= 4 is 113 Å². The monoisotopic (exact) mass is 900 g/mol. The summed E-state index contributed by atoms with van der Waals surface area (Å²) < 4.78 is 0. The van der Waals surface area contributed by atoms with E-state index in [0.29, 0.717) is 0 Å². The normalized spacial score (nSPS) is 14.2. The molecule has 4 aliphatic heterocycles. The molecule has 338 valence electrons. The van der Waals surface area contributed by atoms with E-state index in [9.17, 15) is 0 Å². The fourth-order valence-corrected chi connectivity index (χ4v) is 14.6. The summed E-state index contributed by atoms with van der Waals surface area (Å²) >= 11 is 0. The molecule has 0 atom stereocenters. The second kappa shape index (κ2) is 13.8. The van der Waals surface area contributed by atoms with Crippen molar-refractivity contribution in [1.29, 1.82) is 0 Å². The molecule has 0 unspecified atom stereocenters. The fraction of sp³-hybridized carbons (Fsp3) is 0.212. The predicted molar refractivity (Wildman–Crippen MR) is 306 cm³/mol. The van der Waals surface area contributed by atoms with Crippen molar-refractivity contribution in [3.05, 3.63) is 178 Å². The standard InChI is InChI=1S/C66H58B2N2/c1-35-27-37(3)63(38(4)28-35)69-53-23-15-13-21-49(53)67-51-33-45-48(66(10,11)12)32-44-42-20-18-26-56-62(42)68(50-22-14-16-24-54(50)70(56)64-39(5)29-36(2)30-40(64)6)52-34-46-47(65(7,8)9)31-43(41-19-17-25-55(69)61(41)67)57(51)59(46)60(45)58(44)52/h13-34H,1-12H3. The van der Waals surface area contributed by atoms with Gasteiger partial charge in [0.1, 0.15) is 0 Å². The highest BCUT2D eigenvalue weighted by Crippen LogP contribution is 2.52. The lowest BCUT2D eigenvalue weighted by Crippen LogP contribution is -2.60. The number of rotatable bonds is 2. The molecule has 4 heteroatoms. The second-order valence-electron chi connectivity index (χ2n) is 23.6. The Balaban J connectivity index is 1.16. The third-order valence-electron chi connectivity index (χ3n) is 16.9. The summed E-state index contributed by atoms with van der Waals surface area (Å²) in [6.07, 6.45) is 0. The van der Waals surface area contributed by atoms with Crippen LogP contribution in [0.25, 0.3) is 54.6 Å². The summed E-state index contributed by atoms with van der Waals surface area (Å²) in [7, 11) is 0. The number of aryl methyl sites for hydroxylation is 6. The minimum absolute atomic E-state index is 0.0670. The topological polar surface area (TPSA) is 6.48 Å². The maximum atomic E-state index is 2.69. The molecule has 2 nitrogen and oxygen atoms in total. The first-order valence-corrected chi connectivity index (χ1v) is 25.6. The number of para-hydroxylation sites is 2. The summed E-state index contributed by atoms with van der Waals surface area (Å²) in [6.45, 7) is 28.4. The molecular formula is C66H58B2N2. The molecule has 4 heterocycles. The van der Waals surface area contributed by atoms with Crippen LogP contribution in [0.2, 0.25) is 0 Å². The van der Waals surface area contributed by atoms with E-state index in [-0.39, 0.29) is 24.3 Å². The van der Waals surface area contributed by atoms with Gasteiger partial charge in [-0.15, -0.1) is 0 Å². The third kappa shape index (κ3) is 5.32. The van der Waals surface area contributed by atoms with E-state index in [1.54, 1.807) is 0 Å². The number of hydrogen-bond acceptors (Lipinski definition) is 2. The molecule has 4 aliphatic rings. The molecule has 10 aromatic carbocycles. The average molecular weight is 901 g/mol. The molecule has 70 heavy (non-hydrogen) atoms. The molecule has 0 fully saturated rings. The van der Waals surface area contributed by atoms with Crippen molar-refractivity contribution < 1.29 is 0 Å². The summed E-state index contributed by atoms with van der Waals surface area (Å²) in [5.41, 5.74) is 32.1. The van der Waals surface area contributed by atoms with Gasteiger partial charge in [0, 0.05) is 22.7 Å². The van der Waals surface area contributed by atoms with Crippen LogP contribution in [0.15, 0.2) is 133 Å². The second-order valence-corrected chi connectivity index (χ2v) is 23.6. The third-order valence-corrected chi connectivity index (χ3v) is 16.9. The Kier molecular flexibility index (Phi) is 8.29. The molecule has 0 aromatic heterocycles. The average Bonchev–Trinajstić information content (AvgIpc) is 3.31. The first-order valence-electron chi connectivity index (χ1n) is 25.6. The zero-order valence-electron chi connectivity index (χ0n) is 42.8. The van der Waals surface area contributed by atoms with Crippen molar-refractivity contribution in [3.8, 4) is 22.3 Å². The number of fused-ring (bicyclic) bond motifs is 8. The number of benzene rings is 10. The summed E-state index contributed by atoms with van der Waals surface area (Å²) in [5.74, 6) is 0. The Morgan fingerprint density at radius 2 is 0.700 bits per heavy atom. The summed E-state index contributed by atoms with van der Waals surface area (Å²) in [6, 6.07) is 53.0. The van der Waals surface area contributed by atoms with Gasteiger partial charge in [0.05, 0.1) is 11.4 Å². The van der Waals surface area contributed by atoms with Crippen LogP contribution in [0.5, 0.6) is 0 Å². The van der Waals surface area contributed by atoms with Gasteiger partial charge in [0.15, 0.2) is 0 Å². The van der Waals surface area contributed by atoms with Crippen LogP contribution in [-0.2, 0) is 10.8 Å². The highest BCUT2D eigenvalue weighted by molar-refractivity contribution is 7.02. The van der Waals surface area contributed by atoms with Crippen molar-refractivity contribution in [3.63, 3.8) is 0 Å². The number of anilines is 6. The van der Waals surface area contributed by atoms with Gasteiger partial charge in [-0.1, -0.05) is 161 Å². The van der Waals surface area contributed by atoms with Gasteiger partial charge in [0.2, 0.25) is 13.4 Å². The molecule has 0 amide bonds. The minimum atomic E-state index is -0.138. The van der Waals surface area contributed by atoms with E-state index in [0.717, 1.165) is 0 Å². The highest BCUT2D eigenvalue weighted by Gasteiger charge is 2.46. The zero-order valence-corrected chi connectivity index (χ0v) is 42.8. The van der Waals surface area contributed by atoms with Gasteiger partial charge in [-0.3, -0.25) is 0 Å². The molecule has 0 spiro atoms. The van der Waals surface area contributed by atoms with Gasteiger partial charge in [-0.25, -0.2) is 0 Å². The van der Waals surface area contributed by atoms with E-state index in [1.165, 1.54) is 166 Å². The summed E-state index contributed by atoms with van der Waals surface area (Å²) in [4.78, 5) is 5.20. The molecule has 14 rings (SSSR count). The molecule has 0 saturated heterocycles. The van der Waals surface area contributed by atoms with Gasteiger partial charge >= 0.3 is 0 Å². The van der Waals surface area contributed by atoms with Crippen LogP contribution in [0.4, 0.5) is 34.1 Å².